The molecule has 0 bridgehead atoms. The molecule has 1 unspecified atom stereocenters. The number of carbonyl (C=O) groups is 1. The van der Waals surface area contributed by atoms with E-state index in [2.05, 4.69) is 24.1 Å². The second-order valence-electron chi connectivity index (χ2n) is 6.39. The van der Waals surface area contributed by atoms with Crippen molar-refractivity contribution in [1.82, 2.24) is 10.2 Å². The first-order valence-electron chi connectivity index (χ1n) is 7.65. The summed E-state index contributed by atoms with van der Waals surface area (Å²) in [6.45, 7) is 8.12. The molecule has 1 heterocycles. The van der Waals surface area contributed by atoms with Gasteiger partial charge >= 0.3 is 0 Å². The molecule has 2 rings (SSSR count). The summed E-state index contributed by atoms with van der Waals surface area (Å²) in [4.78, 5) is 14.2. The molecule has 0 aromatic rings. The predicted molar refractivity (Wildman–Crippen MR) is 74.4 cm³/mol. The zero-order chi connectivity index (χ0) is 13.0. The van der Waals surface area contributed by atoms with Crippen LogP contribution < -0.4 is 5.32 Å². The van der Waals surface area contributed by atoms with Gasteiger partial charge in [-0.25, -0.2) is 0 Å². The summed E-state index contributed by atoms with van der Waals surface area (Å²) in [6, 6.07) is 0. The van der Waals surface area contributed by atoms with E-state index in [1.807, 2.05) is 0 Å². The zero-order valence-electron chi connectivity index (χ0n) is 12.0. The molecule has 3 heteroatoms. The Morgan fingerprint density at radius 2 is 2.00 bits per heavy atom. The Morgan fingerprint density at radius 1 is 1.22 bits per heavy atom. The van der Waals surface area contributed by atoms with Crippen LogP contribution in [0.1, 0.15) is 46.0 Å². The van der Waals surface area contributed by atoms with Crippen LogP contribution in [0.15, 0.2) is 0 Å². The van der Waals surface area contributed by atoms with Crippen molar-refractivity contribution in [3.63, 3.8) is 0 Å². The van der Waals surface area contributed by atoms with Gasteiger partial charge in [0.2, 0.25) is 5.91 Å². The fraction of sp³-hybridized carbons (Fsp3) is 0.933. The quantitative estimate of drug-likeness (QED) is 0.814. The van der Waals surface area contributed by atoms with Crippen LogP contribution in [0.25, 0.3) is 0 Å². The molecule has 104 valence electrons. The molecule has 1 aliphatic carbocycles. The molecule has 1 aliphatic heterocycles. The van der Waals surface area contributed by atoms with Gasteiger partial charge in [0, 0.05) is 13.1 Å². The van der Waals surface area contributed by atoms with Crippen LogP contribution in [-0.2, 0) is 4.79 Å². The highest BCUT2D eigenvalue weighted by molar-refractivity contribution is 5.78. The predicted octanol–water partition coefficient (Wildman–Crippen LogP) is 2.27. The molecule has 0 radical (unpaired) electrons. The minimum absolute atomic E-state index is 0.306. The third-order valence-electron chi connectivity index (χ3n) is 4.47. The molecule has 0 spiro atoms. The minimum atomic E-state index is 0.306. The van der Waals surface area contributed by atoms with Crippen molar-refractivity contribution in [3.05, 3.63) is 0 Å². The van der Waals surface area contributed by atoms with E-state index in [4.69, 9.17) is 0 Å². The molecular weight excluding hydrogens is 224 g/mol. The Bertz CT molecular complexity index is 274. The molecule has 1 atom stereocenters. The lowest BCUT2D eigenvalue weighted by Gasteiger charge is -2.21. The average molecular weight is 252 g/mol. The lowest BCUT2D eigenvalue weighted by molar-refractivity contribution is -0.130. The first-order chi connectivity index (χ1) is 8.66. The molecule has 2 aliphatic rings. The van der Waals surface area contributed by atoms with E-state index in [-0.39, 0.29) is 0 Å². The van der Waals surface area contributed by atoms with Gasteiger partial charge in [0.15, 0.2) is 0 Å². The van der Waals surface area contributed by atoms with Crippen molar-refractivity contribution < 1.29 is 4.79 Å². The van der Waals surface area contributed by atoms with Crippen LogP contribution in [0.4, 0.5) is 0 Å². The lowest BCUT2D eigenvalue weighted by atomic mass is 9.89. The van der Waals surface area contributed by atoms with E-state index in [0.29, 0.717) is 12.5 Å². The summed E-state index contributed by atoms with van der Waals surface area (Å²) >= 11 is 0. The maximum atomic E-state index is 12.1. The summed E-state index contributed by atoms with van der Waals surface area (Å²) in [5.41, 5.74) is 0. The standard InChI is InChI=1S/C15H28N2O/c1-12(2)14-4-3-8-17(9-7-14)15(18)11-16-10-13-5-6-13/h12-14,16H,3-11H2,1-2H3. The van der Waals surface area contributed by atoms with Crippen molar-refractivity contribution in [3.8, 4) is 0 Å². The number of likely N-dealkylation sites (tertiary alicyclic amines) is 1. The number of hydrogen-bond donors (Lipinski definition) is 1. The van der Waals surface area contributed by atoms with Gasteiger partial charge < -0.3 is 10.2 Å². The number of nitrogens with zero attached hydrogens (tertiary/aromatic N) is 1. The molecular formula is C15H28N2O. The molecule has 18 heavy (non-hydrogen) atoms. The summed E-state index contributed by atoms with van der Waals surface area (Å²) < 4.78 is 0. The van der Waals surface area contributed by atoms with Crippen LogP contribution in [-0.4, -0.2) is 37.0 Å². The molecule has 1 N–H and O–H groups in total. The SMILES string of the molecule is CC(C)C1CCCN(C(=O)CNCC2CC2)CC1. The monoisotopic (exact) mass is 252 g/mol. The summed E-state index contributed by atoms with van der Waals surface area (Å²) in [6.07, 6.45) is 6.35. The van der Waals surface area contributed by atoms with Gasteiger partial charge in [0.25, 0.3) is 0 Å². The highest BCUT2D eigenvalue weighted by atomic mass is 16.2. The fourth-order valence-corrected chi connectivity index (χ4v) is 2.86. The van der Waals surface area contributed by atoms with Gasteiger partial charge in [0.1, 0.15) is 0 Å². The number of rotatable bonds is 5. The number of amides is 1. The van der Waals surface area contributed by atoms with Crippen LogP contribution in [0.5, 0.6) is 0 Å². The summed E-state index contributed by atoms with van der Waals surface area (Å²) in [5.74, 6) is 2.72. The second-order valence-corrected chi connectivity index (χ2v) is 6.39. The molecule has 3 nitrogen and oxygen atoms in total. The van der Waals surface area contributed by atoms with Crippen LogP contribution in [0.3, 0.4) is 0 Å². The van der Waals surface area contributed by atoms with Crippen molar-refractivity contribution >= 4 is 5.91 Å². The van der Waals surface area contributed by atoms with E-state index < -0.39 is 0 Å². The van der Waals surface area contributed by atoms with Gasteiger partial charge in [0.05, 0.1) is 6.54 Å². The molecule has 2 fully saturated rings. The average Bonchev–Trinajstić information content (AvgIpc) is 3.14. The summed E-state index contributed by atoms with van der Waals surface area (Å²) in [7, 11) is 0. The van der Waals surface area contributed by atoms with E-state index in [1.54, 1.807) is 0 Å². The highest BCUT2D eigenvalue weighted by Gasteiger charge is 2.23. The molecule has 1 saturated heterocycles. The van der Waals surface area contributed by atoms with E-state index in [9.17, 15) is 4.79 Å². The van der Waals surface area contributed by atoms with Crippen LogP contribution >= 0.6 is 0 Å². The van der Waals surface area contributed by atoms with Gasteiger partial charge in [-0.2, -0.15) is 0 Å². The molecule has 1 amide bonds. The Kier molecular flexibility index (Phi) is 5.04. The van der Waals surface area contributed by atoms with Crippen molar-refractivity contribution in [2.75, 3.05) is 26.2 Å². The first-order valence-corrected chi connectivity index (χ1v) is 7.65. The third kappa shape index (κ3) is 4.27. The van der Waals surface area contributed by atoms with Crippen molar-refractivity contribution in [2.24, 2.45) is 17.8 Å². The first kappa shape index (κ1) is 13.9. The Morgan fingerprint density at radius 3 is 2.67 bits per heavy atom. The van der Waals surface area contributed by atoms with E-state index >= 15 is 0 Å². The minimum Gasteiger partial charge on any atom is -0.342 e. The zero-order valence-corrected chi connectivity index (χ0v) is 12.0. The van der Waals surface area contributed by atoms with Gasteiger partial charge in [-0.05, 0) is 56.4 Å². The molecule has 1 saturated carbocycles. The molecule has 0 aromatic heterocycles. The Labute approximate surface area is 111 Å². The molecule has 0 aromatic carbocycles. The maximum absolute atomic E-state index is 12.1. The van der Waals surface area contributed by atoms with E-state index in [1.165, 1.54) is 32.1 Å². The van der Waals surface area contributed by atoms with Crippen molar-refractivity contribution in [1.29, 1.82) is 0 Å². The maximum Gasteiger partial charge on any atom is 0.236 e. The topological polar surface area (TPSA) is 32.3 Å². The lowest BCUT2D eigenvalue weighted by Crippen LogP contribution is -2.39. The number of carbonyl (C=O) groups excluding carboxylic acids is 1. The smallest absolute Gasteiger partial charge is 0.236 e. The van der Waals surface area contributed by atoms with Gasteiger partial charge in [-0.15, -0.1) is 0 Å². The number of nitrogens with one attached hydrogen (secondary N) is 1. The largest absolute Gasteiger partial charge is 0.342 e. The third-order valence-corrected chi connectivity index (χ3v) is 4.47. The van der Waals surface area contributed by atoms with Crippen molar-refractivity contribution in [2.45, 2.75) is 46.0 Å². The number of hydrogen-bond acceptors (Lipinski definition) is 2. The van der Waals surface area contributed by atoms with Gasteiger partial charge in [-0.1, -0.05) is 13.8 Å². The Hall–Kier alpha value is -0.570. The normalized spacial score (nSPS) is 25.3. The second kappa shape index (κ2) is 6.55. The summed E-state index contributed by atoms with van der Waals surface area (Å²) in [5, 5.41) is 3.31. The van der Waals surface area contributed by atoms with Gasteiger partial charge in [-0.3, -0.25) is 4.79 Å². The Balaban J connectivity index is 1.68. The van der Waals surface area contributed by atoms with E-state index in [0.717, 1.165) is 37.4 Å². The highest BCUT2D eigenvalue weighted by Crippen LogP contribution is 2.27. The van der Waals surface area contributed by atoms with Crippen LogP contribution in [0.2, 0.25) is 0 Å². The fourth-order valence-electron chi connectivity index (χ4n) is 2.86. The van der Waals surface area contributed by atoms with Crippen LogP contribution in [0, 0.1) is 17.8 Å².